The molecule has 0 saturated carbocycles. The lowest BCUT2D eigenvalue weighted by molar-refractivity contribution is 0.0822. The third-order valence-corrected chi connectivity index (χ3v) is 7.16. The van der Waals surface area contributed by atoms with Gasteiger partial charge in [-0.2, -0.15) is 4.31 Å². The molecule has 7 nitrogen and oxygen atoms in total. The lowest BCUT2D eigenvalue weighted by Gasteiger charge is -2.23. The summed E-state index contributed by atoms with van der Waals surface area (Å²) in [5.74, 6) is -0.679. The van der Waals surface area contributed by atoms with Crippen LogP contribution in [0.4, 0.5) is 4.39 Å². The van der Waals surface area contributed by atoms with Crippen molar-refractivity contribution in [2.45, 2.75) is 19.0 Å². The zero-order chi connectivity index (χ0) is 24.6. The summed E-state index contributed by atoms with van der Waals surface area (Å²) < 4.78 is 40.9. The summed E-state index contributed by atoms with van der Waals surface area (Å²) in [6, 6.07) is 14.6. The van der Waals surface area contributed by atoms with Gasteiger partial charge in [-0.25, -0.2) is 17.8 Å². The smallest absolute Gasteiger partial charge is 0.271 e. The van der Waals surface area contributed by atoms with Gasteiger partial charge in [0.05, 0.1) is 18.0 Å². The van der Waals surface area contributed by atoms with Crippen molar-refractivity contribution in [3.05, 3.63) is 77.2 Å². The number of aromatic nitrogens is 1. The molecular formula is C25H26FN3O4S. The van der Waals surface area contributed by atoms with E-state index >= 15 is 0 Å². The highest BCUT2D eigenvalue weighted by atomic mass is 32.2. The third-order valence-electron chi connectivity index (χ3n) is 5.93. The highest BCUT2D eigenvalue weighted by Crippen LogP contribution is 2.43. The molecule has 0 fully saturated rings. The second-order valence-corrected chi connectivity index (χ2v) is 10.5. The first-order valence-corrected chi connectivity index (χ1v) is 12.6. The molecule has 0 bridgehead atoms. The highest BCUT2D eigenvalue weighted by molar-refractivity contribution is 7.88. The monoisotopic (exact) mass is 483 g/mol. The maximum absolute atomic E-state index is 14.5. The van der Waals surface area contributed by atoms with Crippen molar-refractivity contribution in [1.29, 1.82) is 0 Å². The Kier molecular flexibility index (Phi) is 6.53. The predicted molar refractivity (Wildman–Crippen MR) is 128 cm³/mol. The molecule has 34 heavy (non-hydrogen) atoms. The Morgan fingerprint density at radius 2 is 1.85 bits per heavy atom. The molecule has 4 rings (SSSR count). The molecule has 2 aromatic carbocycles. The molecule has 0 radical (unpaired) electrons. The number of fused-ring (bicyclic) bond motifs is 1. The molecule has 9 heteroatoms. The Balaban J connectivity index is 1.95. The van der Waals surface area contributed by atoms with Crippen LogP contribution in [0.5, 0.6) is 0 Å². The topological polar surface area (TPSA) is 90.8 Å². The Morgan fingerprint density at radius 1 is 1.15 bits per heavy atom. The van der Waals surface area contributed by atoms with Gasteiger partial charge in [-0.1, -0.05) is 36.4 Å². The van der Waals surface area contributed by atoms with Crippen molar-refractivity contribution in [1.82, 2.24) is 14.2 Å². The zero-order valence-electron chi connectivity index (χ0n) is 19.2. The van der Waals surface area contributed by atoms with E-state index in [2.05, 4.69) is 4.98 Å². The van der Waals surface area contributed by atoms with Crippen LogP contribution in [0, 0.1) is 5.82 Å². The zero-order valence-corrected chi connectivity index (χ0v) is 20.0. The van der Waals surface area contributed by atoms with E-state index in [1.54, 1.807) is 62.6 Å². The molecule has 1 aliphatic heterocycles. The fourth-order valence-electron chi connectivity index (χ4n) is 4.38. The van der Waals surface area contributed by atoms with Gasteiger partial charge in [-0.3, -0.25) is 4.79 Å². The number of carbonyl (C=O) groups excluding carboxylic acids is 1. The molecule has 1 atom stereocenters. The van der Waals surface area contributed by atoms with E-state index in [1.807, 2.05) is 0 Å². The number of amides is 1. The average molecular weight is 484 g/mol. The quantitative estimate of drug-likeness (QED) is 0.580. The van der Waals surface area contributed by atoms with Crippen LogP contribution in [0.15, 0.2) is 54.6 Å². The Hall–Kier alpha value is -3.14. The predicted octanol–water partition coefficient (Wildman–Crippen LogP) is 3.46. The van der Waals surface area contributed by atoms with E-state index in [4.69, 9.17) is 0 Å². The minimum Gasteiger partial charge on any atom is -0.396 e. The molecule has 0 spiro atoms. The van der Waals surface area contributed by atoms with E-state index in [-0.39, 0.29) is 37.0 Å². The maximum Gasteiger partial charge on any atom is 0.271 e. The summed E-state index contributed by atoms with van der Waals surface area (Å²) in [6.45, 7) is -0.141. The highest BCUT2D eigenvalue weighted by Gasteiger charge is 2.39. The number of rotatable bonds is 6. The fourth-order valence-corrected chi connectivity index (χ4v) is 5.43. The first-order valence-electron chi connectivity index (χ1n) is 10.8. The summed E-state index contributed by atoms with van der Waals surface area (Å²) >= 11 is 0. The van der Waals surface area contributed by atoms with Crippen molar-refractivity contribution in [3.8, 4) is 22.4 Å². The number of pyridine rings is 1. The van der Waals surface area contributed by atoms with Crippen LogP contribution < -0.4 is 0 Å². The van der Waals surface area contributed by atoms with Crippen LogP contribution in [-0.2, 0) is 16.6 Å². The number of benzene rings is 2. The summed E-state index contributed by atoms with van der Waals surface area (Å²) in [4.78, 5) is 18.8. The molecule has 1 amide bonds. The minimum absolute atomic E-state index is 0.0784. The molecule has 3 aromatic rings. The number of aliphatic hydroxyl groups excluding tert-OH is 1. The molecular weight excluding hydrogens is 457 g/mol. The van der Waals surface area contributed by atoms with Crippen molar-refractivity contribution < 1.29 is 22.7 Å². The van der Waals surface area contributed by atoms with Gasteiger partial charge >= 0.3 is 0 Å². The molecule has 2 heterocycles. The maximum atomic E-state index is 14.5. The second-order valence-electron chi connectivity index (χ2n) is 8.53. The number of hydrogen-bond acceptors (Lipinski definition) is 5. The van der Waals surface area contributed by atoms with Crippen LogP contribution in [0.1, 0.15) is 34.1 Å². The number of carbonyl (C=O) groups is 1. The van der Waals surface area contributed by atoms with E-state index in [0.717, 1.165) is 6.26 Å². The van der Waals surface area contributed by atoms with Gasteiger partial charge in [0, 0.05) is 43.9 Å². The van der Waals surface area contributed by atoms with Gasteiger partial charge in [0.25, 0.3) is 5.91 Å². The van der Waals surface area contributed by atoms with Gasteiger partial charge in [0.15, 0.2) is 0 Å². The Bertz CT molecular complexity index is 1360. The van der Waals surface area contributed by atoms with Gasteiger partial charge < -0.3 is 10.0 Å². The number of nitrogens with zero attached hydrogens (tertiary/aromatic N) is 3. The van der Waals surface area contributed by atoms with Crippen molar-refractivity contribution in [2.75, 3.05) is 27.0 Å². The lowest BCUT2D eigenvalue weighted by atomic mass is 9.94. The number of aliphatic hydroxyl groups is 1. The van der Waals surface area contributed by atoms with Gasteiger partial charge in [0.2, 0.25) is 10.0 Å². The molecule has 1 aromatic heterocycles. The lowest BCUT2D eigenvalue weighted by Crippen LogP contribution is -2.29. The molecule has 1 N–H and O–H groups in total. The first-order chi connectivity index (χ1) is 16.1. The SMILES string of the molecule is CN(C)C(=O)c1cc2c(c(-c3cccc(-c4ccccc4F)c3)n1)[C@H](CCO)N(S(C)(=O)=O)C2. The molecule has 0 aliphatic carbocycles. The summed E-state index contributed by atoms with van der Waals surface area (Å²) in [5, 5.41) is 9.69. The fraction of sp³-hybridized carbons (Fsp3) is 0.280. The first kappa shape index (κ1) is 24.0. The number of hydrogen-bond donors (Lipinski definition) is 1. The molecule has 178 valence electrons. The molecule has 1 aliphatic rings. The summed E-state index contributed by atoms with van der Waals surface area (Å²) in [6.07, 6.45) is 1.31. The standard InChI is InChI=1S/C25H26FN3O4S/c1-28(2)25(31)21-14-18-15-29(34(3,32)33)22(11-12-30)23(18)24(27-21)17-8-6-7-16(13-17)19-9-4-5-10-20(19)26/h4-10,13-14,22,30H,11-12,15H2,1-3H3/t22-/m0/s1. The van der Waals surface area contributed by atoms with Crippen LogP contribution in [-0.4, -0.2) is 60.6 Å². The average Bonchev–Trinajstić information content (AvgIpc) is 3.17. The van der Waals surface area contributed by atoms with E-state index < -0.39 is 16.1 Å². The number of sulfonamides is 1. The third kappa shape index (κ3) is 4.46. The van der Waals surface area contributed by atoms with Gasteiger partial charge in [-0.05, 0) is 35.7 Å². The minimum atomic E-state index is -3.60. The van der Waals surface area contributed by atoms with Crippen molar-refractivity contribution >= 4 is 15.9 Å². The van der Waals surface area contributed by atoms with E-state index in [1.165, 1.54) is 15.3 Å². The summed E-state index contributed by atoms with van der Waals surface area (Å²) in [7, 11) is -0.361. The van der Waals surface area contributed by atoms with Crippen LogP contribution in [0.25, 0.3) is 22.4 Å². The molecule has 0 unspecified atom stereocenters. The Morgan fingerprint density at radius 3 is 2.50 bits per heavy atom. The van der Waals surface area contributed by atoms with Crippen molar-refractivity contribution in [3.63, 3.8) is 0 Å². The van der Waals surface area contributed by atoms with Gasteiger partial charge in [0.1, 0.15) is 11.5 Å². The summed E-state index contributed by atoms with van der Waals surface area (Å²) in [5.41, 5.74) is 3.64. The van der Waals surface area contributed by atoms with E-state index in [0.29, 0.717) is 33.5 Å². The van der Waals surface area contributed by atoms with Crippen LogP contribution in [0.3, 0.4) is 0 Å². The number of halogens is 1. The van der Waals surface area contributed by atoms with Crippen LogP contribution >= 0.6 is 0 Å². The normalized spacial score (nSPS) is 15.9. The second kappa shape index (κ2) is 9.25. The largest absolute Gasteiger partial charge is 0.396 e. The van der Waals surface area contributed by atoms with Crippen molar-refractivity contribution in [2.24, 2.45) is 0 Å². The molecule has 0 saturated heterocycles. The van der Waals surface area contributed by atoms with Crippen LogP contribution in [0.2, 0.25) is 0 Å². The van der Waals surface area contributed by atoms with Gasteiger partial charge in [-0.15, -0.1) is 0 Å². The Labute approximate surface area is 198 Å². The van der Waals surface area contributed by atoms with E-state index in [9.17, 15) is 22.7 Å².